The van der Waals surface area contributed by atoms with Crippen molar-refractivity contribution in [1.29, 1.82) is 0 Å². The van der Waals surface area contributed by atoms with E-state index in [2.05, 4.69) is 4.90 Å². The van der Waals surface area contributed by atoms with E-state index in [0.29, 0.717) is 13.1 Å². The molecule has 1 aromatic rings. The zero-order valence-corrected chi connectivity index (χ0v) is 19.1. The van der Waals surface area contributed by atoms with E-state index in [-0.39, 0.29) is 40.3 Å². The van der Waals surface area contributed by atoms with Crippen molar-refractivity contribution in [2.45, 2.75) is 49.5 Å². The summed E-state index contributed by atoms with van der Waals surface area (Å²) in [6.07, 6.45) is 4.83. The molecule has 3 aliphatic heterocycles. The molecule has 1 atom stereocenters. The number of benzene rings is 1. The van der Waals surface area contributed by atoms with Crippen molar-refractivity contribution in [2.24, 2.45) is 5.41 Å². The van der Waals surface area contributed by atoms with Crippen LogP contribution in [0.1, 0.15) is 38.5 Å². The molecule has 0 bridgehead atoms. The molecular formula is C23H33N3O4S. The van der Waals surface area contributed by atoms with E-state index in [1.165, 1.54) is 0 Å². The maximum atomic E-state index is 12.9. The van der Waals surface area contributed by atoms with Gasteiger partial charge in [-0.15, -0.1) is 0 Å². The van der Waals surface area contributed by atoms with Gasteiger partial charge in [-0.2, -0.15) is 0 Å². The van der Waals surface area contributed by atoms with Crippen LogP contribution in [-0.4, -0.2) is 86.5 Å². The molecular weight excluding hydrogens is 414 g/mol. The minimum atomic E-state index is -3.44. The van der Waals surface area contributed by atoms with Gasteiger partial charge in [-0.3, -0.25) is 14.5 Å². The molecule has 0 aromatic heterocycles. The van der Waals surface area contributed by atoms with E-state index >= 15 is 0 Å². The smallest absolute Gasteiger partial charge is 0.239 e. The Balaban J connectivity index is 1.29. The molecule has 0 saturated carbocycles. The zero-order chi connectivity index (χ0) is 22.1. The predicted octanol–water partition coefficient (Wildman–Crippen LogP) is 1.79. The first-order valence-electron chi connectivity index (χ1n) is 11.3. The van der Waals surface area contributed by atoms with E-state index < -0.39 is 9.84 Å². The van der Waals surface area contributed by atoms with Gasteiger partial charge in [-0.05, 0) is 56.7 Å². The fraction of sp³-hybridized carbons (Fsp3) is 0.652. The Morgan fingerprint density at radius 2 is 1.65 bits per heavy atom. The van der Waals surface area contributed by atoms with Gasteiger partial charge in [0, 0.05) is 39.1 Å². The number of amides is 2. The van der Waals surface area contributed by atoms with Crippen molar-refractivity contribution >= 4 is 21.7 Å². The van der Waals surface area contributed by atoms with Gasteiger partial charge in [0.15, 0.2) is 9.84 Å². The number of nitrogens with zero attached hydrogens (tertiary/aromatic N) is 3. The van der Waals surface area contributed by atoms with Gasteiger partial charge >= 0.3 is 0 Å². The summed E-state index contributed by atoms with van der Waals surface area (Å²) in [7, 11) is -1.40. The average Bonchev–Trinajstić information content (AvgIpc) is 3.41. The quantitative estimate of drug-likeness (QED) is 0.688. The second-order valence-electron chi connectivity index (χ2n) is 9.43. The fourth-order valence-electron chi connectivity index (χ4n) is 5.41. The molecule has 1 unspecified atom stereocenters. The van der Waals surface area contributed by atoms with Crippen LogP contribution in [0, 0.1) is 5.41 Å². The molecule has 1 spiro atoms. The van der Waals surface area contributed by atoms with E-state index in [1.807, 2.05) is 11.9 Å². The Morgan fingerprint density at radius 1 is 1.00 bits per heavy atom. The Bertz CT molecular complexity index is 904. The SMILES string of the molecule is CN1CC2(CCN(C(=O)CCS(=O)(=O)c3ccccc3)CC2)CC1C(=O)N1CCCC1. The molecule has 170 valence electrons. The molecule has 4 rings (SSSR count). The highest BCUT2D eigenvalue weighted by atomic mass is 32.2. The number of likely N-dealkylation sites (tertiary alicyclic amines) is 3. The maximum absolute atomic E-state index is 12.9. The number of hydrogen-bond donors (Lipinski definition) is 0. The summed E-state index contributed by atoms with van der Waals surface area (Å²) in [5, 5.41) is 0. The van der Waals surface area contributed by atoms with Crippen LogP contribution < -0.4 is 0 Å². The average molecular weight is 448 g/mol. The summed E-state index contributed by atoms with van der Waals surface area (Å²) in [4.78, 5) is 31.9. The number of carbonyl (C=O) groups is 2. The molecule has 7 nitrogen and oxygen atoms in total. The molecule has 0 radical (unpaired) electrons. The van der Waals surface area contributed by atoms with Crippen molar-refractivity contribution < 1.29 is 18.0 Å². The molecule has 31 heavy (non-hydrogen) atoms. The van der Waals surface area contributed by atoms with Gasteiger partial charge in [0.05, 0.1) is 16.7 Å². The molecule has 0 N–H and O–H groups in total. The minimum Gasteiger partial charge on any atom is -0.343 e. The highest BCUT2D eigenvalue weighted by Crippen LogP contribution is 2.43. The van der Waals surface area contributed by atoms with Crippen molar-refractivity contribution in [1.82, 2.24) is 14.7 Å². The lowest BCUT2D eigenvalue weighted by Gasteiger charge is -2.39. The molecule has 3 heterocycles. The lowest BCUT2D eigenvalue weighted by atomic mass is 9.76. The summed E-state index contributed by atoms with van der Waals surface area (Å²) in [5.74, 6) is 0.0130. The van der Waals surface area contributed by atoms with Gasteiger partial charge < -0.3 is 9.80 Å². The number of sulfone groups is 1. The molecule has 1 aromatic carbocycles. The summed E-state index contributed by atoms with van der Waals surface area (Å²) in [6, 6.07) is 8.26. The molecule has 8 heteroatoms. The van der Waals surface area contributed by atoms with Crippen LogP contribution >= 0.6 is 0 Å². The van der Waals surface area contributed by atoms with E-state index in [9.17, 15) is 18.0 Å². The number of hydrogen-bond acceptors (Lipinski definition) is 5. The van der Waals surface area contributed by atoms with Gasteiger partial charge in [0.2, 0.25) is 11.8 Å². The first-order valence-corrected chi connectivity index (χ1v) is 13.0. The number of likely N-dealkylation sites (N-methyl/N-ethyl adjacent to an activating group) is 1. The van der Waals surface area contributed by atoms with Crippen molar-refractivity contribution in [3.63, 3.8) is 0 Å². The fourth-order valence-corrected chi connectivity index (χ4v) is 6.66. The summed E-state index contributed by atoms with van der Waals surface area (Å²) >= 11 is 0. The first kappa shape index (κ1) is 22.3. The van der Waals surface area contributed by atoms with Crippen LogP contribution in [0.4, 0.5) is 0 Å². The van der Waals surface area contributed by atoms with Crippen LogP contribution in [0.25, 0.3) is 0 Å². The number of carbonyl (C=O) groups excluding carboxylic acids is 2. The van der Waals surface area contributed by atoms with Gasteiger partial charge in [-0.25, -0.2) is 8.42 Å². The zero-order valence-electron chi connectivity index (χ0n) is 18.3. The summed E-state index contributed by atoms with van der Waals surface area (Å²) in [6.45, 7) is 3.93. The third-order valence-electron chi connectivity index (χ3n) is 7.31. The maximum Gasteiger partial charge on any atom is 0.239 e. The van der Waals surface area contributed by atoms with Crippen molar-refractivity contribution in [3.05, 3.63) is 30.3 Å². The van der Waals surface area contributed by atoms with Crippen LogP contribution in [0.5, 0.6) is 0 Å². The van der Waals surface area contributed by atoms with Gasteiger partial charge in [0.1, 0.15) is 0 Å². The van der Waals surface area contributed by atoms with Crippen molar-refractivity contribution in [2.75, 3.05) is 45.5 Å². The van der Waals surface area contributed by atoms with Crippen LogP contribution in [0.15, 0.2) is 35.2 Å². The highest BCUT2D eigenvalue weighted by molar-refractivity contribution is 7.91. The van der Waals surface area contributed by atoms with E-state index in [4.69, 9.17) is 0 Å². The van der Waals surface area contributed by atoms with Crippen LogP contribution in [-0.2, 0) is 19.4 Å². The van der Waals surface area contributed by atoms with Crippen LogP contribution in [0.2, 0.25) is 0 Å². The largest absolute Gasteiger partial charge is 0.343 e. The molecule has 2 amide bonds. The monoisotopic (exact) mass is 447 g/mol. The van der Waals surface area contributed by atoms with E-state index in [0.717, 1.165) is 51.7 Å². The Kier molecular flexibility index (Phi) is 6.40. The standard InChI is InChI=1S/C23H33N3O4S/c1-24-18-23(17-20(24)22(28)26-12-5-6-13-26)10-14-25(15-11-23)21(27)9-16-31(29,30)19-7-3-2-4-8-19/h2-4,7-8,20H,5-6,9-18H2,1H3. The first-order chi connectivity index (χ1) is 14.8. The lowest BCUT2D eigenvalue weighted by Crippen LogP contribution is -2.44. The second-order valence-corrected chi connectivity index (χ2v) is 11.5. The Hall–Kier alpha value is -1.93. The Labute approximate surface area is 185 Å². The van der Waals surface area contributed by atoms with E-state index in [1.54, 1.807) is 35.2 Å². The molecule has 3 aliphatic rings. The lowest BCUT2D eigenvalue weighted by molar-refractivity contribution is -0.135. The summed E-state index contributed by atoms with van der Waals surface area (Å²) < 4.78 is 24.9. The highest BCUT2D eigenvalue weighted by Gasteiger charge is 2.48. The number of piperidine rings is 1. The topological polar surface area (TPSA) is 78.0 Å². The predicted molar refractivity (Wildman–Crippen MR) is 118 cm³/mol. The van der Waals surface area contributed by atoms with Gasteiger partial charge in [-0.1, -0.05) is 18.2 Å². The van der Waals surface area contributed by atoms with Gasteiger partial charge in [0.25, 0.3) is 0 Å². The molecule has 3 fully saturated rings. The summed E-state index contributed by atoms with van der Waals surface area (Å²) in [5.41, 5.74) is 0.0850. The van der Waals surface area contributed by atoms with Crippen molar-refractivity contribution in [3.8, 4) is 0 Å². The minimum absolute atomic E-state index is 0.0141. The van der Waals surface area contributed by atoms with Crippen LogP contribution in [0.3, 0.4) is 0 Å². The third kappa shape index (κ3) is 4.80. The second kappa shape index (κ2) is 8.90. The molecule has 3 saturated heterocycles. The Morgan fingerprint density at radius 3 is 2.29 bits per heavy atom. The third-order valence-corrected chi connectivity index (χ3v) is 9.04. The number of rotatable bonds is 5. The normalized spacial score (nSPS) is 24.1. The molecule has 0 aliphatic carbocycles.